The summed E-state index contributed by atoms with van der Waals surface area (Å²) in [5, 5.41) is 3.95. The van der Waals surface area contributed by atoms with E-state index in [1.165, 1.54) is 0 Å². The second kappa shape index (κ2) is 9.35. The van der Waals surface area contributed by atoms with Crippen molar-refractivity contribution in [3.05, 3.63) is 59.6 Å². The van der Waals surface area contributed by atoms with Crippen LogP contribution in [0, 0.1) is 0 Å². The molecule has 0 atom stereocenters. The van der Waals surface area contributed by atoms with Gasteiger partial charge in [0.15, 0.2) is 0 Å². The summed E-state index contributed by atoms with van der Waals surface area (Å²) in [6.07, 6.45) is 7.11. The van der Waals surface area contributed by atoms with Crippen LogP contribution >= 0.6 is 0 Å². The van der Waals surface area contributed by atoms with Gasteiger partial charge in [-0.15, -0.1) is 0 Å². The number of benzene rings is 1. The van der Waals surface area contributed by atoms with Gasteiger partial charge in [-0.25, -0.2) is 5.43 Å². The largest absolute Gasteiger partial charge is 0.494 e. The zero-order chi connectivity index (χ0) is 17.2. The predicted molar refractivity (Wildman–Crippen MR) is 95.2 cm³/mol. The molecule has 0 aliphatic rings. The quantitative estimate of drug-likeness (QED) is 0.447. The van der Waals surface area contributed by atoms with Crippen LogP contribution in [0.15, 0.2) is 57.8 Å². The Morgan fingerprint density at radius 1 is 1.29 bits per heavy atom. The molecule has 0 unspecified atom stereocenters. The maximum Gasteiger partial charge on any atom is 0.271 e. The lowest BCUT2D eigenvalue weighted by molar-refractivity contribution is 0.0955. The van der Waals surface area contributed by atoms with Crippen LogP contribution in [0.3, 0.4) is 0 Å². The second-order valence-corrected chi connectivity index (χ2v) is 5.33. The Morgan fingerprint density at radius 3 is 2.75 bits per heavy atom. The molecule has 5 nitrogen and oxygen atoms in total. The first-order chi connectivity index (χ1) is 11.7. The number of amides is 1. The van der Waals surface area contributed by atoms with E-state index in [1.807, 2.05) is 25.1 Å². The van der Waals surface area contributed by atoms with Crippen molar-refractivity contribution >= 4 is 18.2 Å². The maximum atomic E-state index is 12.0. The highest BCUT2D eigenvalue weighted by Crippen LogP contribution is 2.12. The highest BCUT2D eigenvalue weighted by atomic mass is 16.5. The van der Waals surface area contributed by atoms with Crippen molar-refractivity contribution in [2.24, 2.45) is 5.10 Å². The van der Waals surface area contributed by atoms with Crippen LogP contribution in [-0.2, 0) is 0 Å². The van der Waals surface area contributed by atoms with Gasteiger partial charge in [0.1, 0.15) is 11.5 Å². The van der Waals surface area contributed by atoms with E-state index in [1.54, 1.807) is 36.7 Å². The van der Waals surface area contributed by atoms with Crippen LogP contribution in [0.2, 0.25) is 0 Å². The Hall–Kier alpha value is -2.82. The van der Waals surface area contributed by atoms with Crippen molar-refractivity contribution in [1.29, 1.82) is 0 Å². The van der Waals surface area contributed by atoms with Gasteiger partial charge in [0, 0.05) is 5.56 Å². The number of rotatable bonds is 8. The molecule has 0 radical (unpaired) electrons. The SMILES string of the molecule is CCCCOc1ccc(C(=O)N/N=C/C(C)=C/c2ccco2)cc1. The minimum Gasteiger partial charge on any atom is -0.494 e. The number of allylic oxidation sites excluding steroid dienone is 1. The lowest BCUT2D eigenvalue weighted by atomic mass is 10.2. The van der Waals surface area contributed by atoms with Crippen molar-refractivity contribution in [2.45, 2.75) is 26.7 Å². The average Bonchev–Trinajstić information content (AvgIpc) is 3.08. The van der Waals surface area contributed by atoms with Crippen LogP contribution in [0.4, 0.5) is 0 Å². The third kappa shape index (κ3) is 5.76. The first kappa shape index (κ1) is 17.5. The highest BCUT2D eigenvalue weighted by Gasteiger charge is 2.04. The molecule has 0 fully saturated rings. The molecule has 1 heterocycles. The number of unbranched alkanes of at least 4 members (excludes halogenated alkanes) is 1. The van der Waals surface area contributed by atoms with Crippen LogP contribution in [-0.4, -0.2) is 18.7 Å². The van der Waals surface area contributed by atoms with Gasteiger partial charge in [-0.2, -0.15) is 5.10 Å². The fraction of sp³-hybridized carbons (Fsp3) is 0.263. The van der Waals surface area contributed by atoms with E-state index in [2.05, 4.69) is 17.5 Å². The van der Waals surface area contributed by atoms with Gasteiger partial charge < -0.3 is 9.15 Å². The molecule has 0 bridgehead atoms. The molecule has 1 N–H and O–H groups in total. The van der Waals surface area contributed by atoms with Crippen LogP contribution in [0.1, 0.15) is 42.8 Å². The van der Waals surface area contributed by atoms with Gasteiger partial charge in [0.25, 0.3) is 5.91 Å². The minimum atomic E-state index is -0.267. The molecular formula is C19H22N2O3. The van der Waals surface area contributed by atoms with E-state index < -0.39 is 0 Å². The zero-order valence-electron chi connectivity index (χ0n) is 14.0. The molecule has 24 heavy (non-hydrogen) atoms. The summed E-state index contributed by atoms with van der Waals surface area (Å²) in [5.74, 6) is 1.24. The Balaban J connectivity index is 1.84. The fourth-order valence-corrected chi connectivity index (χ4v) is 1.93. The number of nitrogens with zero attached hydrogens (tertiary/aromatic N) is 1. The Labute approximate surface area is 142 Å². The number of carbonyl (C=O) groups excluding carboxylic acids is 1. The summed E-state index contributed by atoms with van der Waals surface area (Å²) in [6, 6.07) is 10.7. The first-order valence-corrected chi connectivity index (χ1v) is 7.97. The average molecular weight is 326 g/mol. The smallest absolute Gasteiger partial charge is 0.271 e. The normalized spacial score (nSPS) is 11.7. The van der Waals surface area contributed by atoms with E-state index >= 15 is 0 Å². The Bertz CT molecular complexity index is 686. The number of nitrogens with one attached hydrogen (secondary N) is 1. The lowest BCUT2D eigenvalue weighted by Crippen LogP contribution is -2.17. The molecule has 1 amide bonds. The molecule has 126 valence electrons. The fourth-order valence-electron chi connectivity index (χ4n) is 1.93. The minimum absolute atomic E-state index is 0.267. The van der Waals surface area contributed by atoms with E-state index in [4.69, 9.17) is 9.15 Å². The molecule has 0 spiro atoms. The van der Waals surface area contributed by atoms with Gasteiger partial charge >= 0.3 is 0 Å². The van der Waals surface area contributed by atoms with Crippen molar-refractivity contribution in [2.75, 3.05) is 6.61 Å². The highest BCUT2D eigenvalue weighted by molar-refractivity contribution is 5.95. The molecule has 2 rings (SSSR count). The molecule has 0 saturated carbocycles. The summed E-state index contributed by atoms with van der Waals surface area (Å²) in [5.41, 5.74) is 3.90. The first-order valence-electron chi connectivity index (χ1n) is 7.97. The standard InChI is InChI=1S/C19H22N2O3/c1-3-4-11-23-17-9-7-16(8-10-17)19(22)21-20-14-15(2)13-18-6-5-12-24-18/h5-10,12-14H,3-4,11H2,1-2H3,(H,21,22)/b15-13+,20-14+. The van der Waals surface area contributed by atoms with E-state index in [0.29, 0.717) is 12.2 Å². The number of furan rings is 1. The van der Waals surface area contributed by atoms with Gasteiger partial charge in [-0.1, -0.05) is 13.3 Å². The van der Waals surface area contributed by atoms with Crippen LogP contribution < -0.4 is 10.2 Å². The molecule has 5 heteroatoms. The summed E-state index contributed by atoms with van der Waals surface area (Å²) >= 11 is 0. The number of carbonyl (C=O) groups is 1. The molecule has 1 aromatic carbocycles. The molecule has 0 aliphatic heterocycles. The summed E-state index contributed by atoms with van der Waals surface area (Å²) < 4.78 is 10.8. The van der Waals surface area contributed by atoms with Gasteiger partial charge in [-0.3, -0.25) is 4.79 Å². The maximum absolute atomic E-state index is 12.0. The summed E-state index contributed by atoms with van der Waals surface area (Å²) in [7, 11) is 0. The topological polar surface area (TPSA) is 63.8 Å². The molecule has 0 aliphatic carbocycles. The van der Waals surface area contributed by atoms with E-state index in [0.717, 1.165) is 29.9 Å². The van der Waals surface area contributed by atoms with Crippen molar-refractivity contribution < 1.29 is 13.9 Å². The van der Waals surface area contributed by atoms with Crippen LogP contribution in [0.5, 0.6) is 5.75 Å². The monoisotopic (exact) mass is 326 g/mol. The van der Waals surface area contributed by atoms with Gasteiger partial charge in [0.2, 0.25) is 0 Å². The number of hydrazone groups is 1. The zero-order valence-corrected chi connectivity index (χ0v) is 14.0. The van der Waals surface area contributed by atoms with Crippen molar-refractivity contribution in [3.63, 3.8) is 0 Å². The van der Waals surface area contributed by atoms with Crippen molar-refractivity contribution in [3.8, 4) is 5.75 Å². The molecular weight excluding hydrogens is 304 g/mol. The van der Waals surface area contributed by atoms with Gasteiger partial charge in [0.05, 0.1) is 19.1 Å². The third-order valence-electron chi connectivity index (χ3n) is 3.23. The van der Waals surface area contributed by atoms with Crippen molar-refractivity contribution in [1.82, 2.24) is 5.43 Å². The Kier molecular flexibility index (Phi) is 6.83. The third-order valence-corrected chi connectivity index (χ3v) is 3.23. The molecule has 2 aromatic rings. The Morgan fingerprint density at radius 2 is 2.08 bits per heavy atom. The lowest BCUT2D eigenvalue weighted by Gasteiger charge is -2.06. The number of hydrogen-bond donors (Lipinski definition) is 1. The number of hydrogen-bond acceptors (Lipinski definition) is 4. The summed E-state index contributed by atoms with van der Waals surface area (Å²) in [4.78, 5) is 12.0. The predicted octanol–water partition coefficient (Wildman–Crippen LogP) is 4.28. The van der Waals surface area contributed by atoms with Crippen LogP contribution in [0.25, 0.3) is 6.08 Å². The summed E-state index contributed by atoms with van der Waals surface area (Å²) in [6.45, 7) is 4.68. The second-order valence-electron chi connectivity index (χ2n) is 5.33. The molecule has 1 aromatic heterocycles. The van der Waals surface area contributed by atoms with E-state index in [9.17, 15) is 4.79 Å². The van der Waals surface area contributed by atoms with Gasteiger partial charge in [-0.05, 0) is 61.4 Å². The van der Waals surface area contributed by atoms with E-state index in [-0.39, 0.29) is 5.91 Å². The number of ether oxygens (including phenoxy) is 1. The molecule has 0 saturated heterocycles.